The molecule has 1 amide bonds. The number of nitrogens with one attached hydrogen (secondary N) is 1. The number of thiophene rings is 1. The number of hydrogen-bond acceptors (Lipinski definition) is 6. The third kappa shape index (κ3) is 5.27. The molecule has 0 saturated carbocycles. The van der Waals surface area contributed by atoms with Gasteiger partial charge in [0.15, 0.2) is 5.16 Å². The normalized spacial score (nSPS) is 10.8. The summed E-state index contributed by atoms with van der Waals surface area (Å²) in [6.45, 7) is 4.53. The van der Waals surface area contributed by atoms with Crippen molar-refractivity contribution < 1.29 is 9.53 Å². The predicted molar refractivity (Wildman–Crippen MR) is 131 cm³/mol. The molecule has 6 nitrogen and oxygen atoms in total. The van der Waals surface area contributed by atoms with Crippen LogP contribution in [0.4, 0.5) is 5.69 Å². The van der Waals surface area contributed by atoms with Crippen molar-refractivity contribution in [1.29, 1.82) is 0 Å². The van der Waals surface area contributed by atoms with E-state index in [1.165, 1.54) is 23.1 Å². The zero-order valence-corrected chi connectivity index (χ0v) is 18.8. The average Bonchev–Trinajstić information content (AvgIpc) is 3.29. The van der Waals surface area contributed by atoms with E-state index in [0.29, 0.717) is 34.2 Å². The van der Waals surface area contributed by atoms with Crippen LogP contribution in [0.2, 0.25) is 0 Å². The smallest absolute Gasteiger partial charge is 0.263 e. The van der Waals surface area contributed by atoms with Crippen LogP contribution in [0.5, 0.6) is 5.75 Å². The minimum Gasteiger partial charge on any atom is -0.489 e. The quantitative estimate of drug-likeness (QED) is 0.216. The van der Waals surface area contributed by atoms with Gasteiger partial charge in [-0.25, -0.2) is 4.98 Å². The molecule has 4 aromatic rings. The maximum atomic E-state index is 12.7. The van der Waals surface area contributed by atoms with Gasteiger partial charge in [0, 0.05) is 12.2 Å². The fourth-order valence-electron chi connectivity index (χ4n) is 3.03. The lowest BCUT2D eigenvalue weighted by molar-refractivity contribution is -0.113. The molecule has 0 aliphatic carbocycles. The lowest BCUT2D eigenvalue weighted by Crippen LogP contribution is -2.23. The van der Waals surface area contributed by atoms with Crippen molar-refractivity contribution in [1.82, 2.24) is 9.55 Å². The van der Waals surface area contributed by atoms with Gasteiger partial charge in [-0.3, -0.25) is 14.2 Å². The fraction of sp³-hybridized carbons (Fsp3) is 0.125. The number of thioether (sulfide) groups is 1. The van der Waals surface area contributed by atoms with Crippen LogP contribution >= 0.6 is 23.1 Å². The van der Waals surface area contributed by atoms with Crippen molar-refractivity contribution in [2.24, 2.45) is 0 Å². The van der Waals surface area contributed by atoms with Crippen molar-refractivity contribution in [3.05, 3.63) is 94.6 Å². The molecule has 0 aliphatic rings. The number of benzene rings is 2. The Bertz CT molecular complexity index is 1280. The molecule has 32 heavy (non-hydrogen) atoms. The first-order valence-corrected chi connectivity index (χ1v) is 11.8. The molecule has 0 radical (unpaired) electrons. The molecule has 0 spiro atoms. The van der Waals surface area contributed by atoms with Gasteiger partial charge in [0.1, 0.15) is 17.2 Å². The Morgan fingerprint density at radius 2 is 1.94 bits per heavy atom. The van der Waals surface area contributed by atoms with E-state index in [1.54, 1.807) is 28.8 Å². The maximum Gasteiger partial charge on any atom is 0.263 e. The highest BCUT2D eigenvalue weighted by Gasteiger charge is 2.13. The lowest BCUT2D eigenvalue weighted by Gasteiger charge is -2.11. The molecule has 0 atom stereocenters. The number of fused-ring (bicyclic) bond motifs is 1. The Labute approximate surface area is 193 Å². The summed E-state index contributed by atoms with van der Waals surface area (Å²) in [5, 5.41) is 5.79. The van der Waals surface area contributed by atoms with E-state index >= 15 is 0 Å². The van der Waals surface area contributed by atoms with Crippen LogP contribution in [0, 0.1) is 0 Å². The van der Waals surface area contributed by atoms with E-state index < -0.39 is 0 Å². The Morgan fingerprint density at radius 3 is 2.69 bits per heavy atom. The largest absolute Gasteiger partial charge is 0.489 e. The standard InChI is InChI=1S/C24H21N3O3S2/c1-2-13-27-23(29)20-12-14-31-22(20)26-24(27)32-16-21(28)25-18-8-10-19(11-9-18)30-15-17-6-4-3-5-7-17/h2-12,14H,1,13,15-16H2,(H,25,28). The number of carbonyl (C=O) groups excluding carboxylic acids is 1. The van der Waals surface area contributed by atoms with Gasteiger partial charge in [0.25, 0.3) is 5.56 Å². The van der Waals surface area contributed by atoms with Crippen molar-refractivity contribution in [2.75, 3.05) is 11.1 Å². The van der Waals surface area contributed by atoms with Gasteiger partial charge in [-0.2, -0.15) is 0 Å². The van der Waals surface area contributed by atoms with E-state index in [1.807, 2.05) is 47.8 Å². The number of nitrogens with zero attached hydrogens (tertiary/aromatic N) is 2. The van der Waals surface area contributed by atoms with E-state index in [2.05, 4.69) is 16.9 Å². The summed E-state index contributed by atoms with van der Waals surface area (Å²) in [7, 11) is 0. The van der Waals surface area contributed by atoms with Crippen LogP contribution in [0.1, 0.15) is 5.56 Å². The van der Waals surface area contributed by atoms with Crippen molar-refractivity contribution in [3.8, 4) is 5.75 Å². The Balaban J connectivity index is 1.35. The van der Waals surface area contributed by atoms with Crippen LogP contribution in [0.3, 0.4) is 0 Å². The first-order chi connectivity index (χ1) is 15.6. The molecule has 0 unspecified atom stereocenters. The molecule has 0 bridgehead atoms. The predicted octanol–water partition coefficient (Wildman–Crippen LogP) is 4.95. The first kappa shape index (κ1) is 21.9. The Kier molecular flexibility index (Phi) is 7.03. The summed E-state index contributed by atoms with van der Waals surface area (Å²) >= 11 is 2.64. The highest BCUT2D eigenvalue weighted by molar-refractivity contribution is 7.99. The number of ether oxygens (including phenoxy) is 1. The Morgan fingerprint density at radius 1 is 1.16 bits per heavy atom. The van der Waals surface area contributed by atoms with E-state index in [4.69, 9.17) is 4.74 Å². The van der Waals surface area contributed by atoms with Gasteiger partial charge in [-0.1, -0.05) is 48.2 Å². The third-order valence-corrected chi connectivity index (χ3v) is 6.36. The molecule has 162 valence electrons. The second-order valence-electron chi connectivity index (χ2n) is 6.87. The van der Waals surface area contributed by atoms with Crippen molar-refractivity contribution >= 4 is 44.9 Å². The van der Waals surface area contributed by atoms with Crippen LogP contribution in [-0.2, 0) is 17.9 Å². The SMILES string of the molecule is C=CCn1c(SCC(=O)Nc2ccc(OCc3ccccc3)cc2)nc2sccc2c1=O. The molecule has 2 heterocycles. The van der Waals surface area contributed by atoms with Crippen molar-refractivity contribution in [2.45, 2.75) is 18.3 Å². The summed E-state index contributed by atoms with van der Waals surface area (Å²) in [6, 6.07) is 18.9. The summed E-state index contributed by atoms with van der Waals surface area (Å²) in [5.74, 6) is 0.675. The van der Waals surface area contributed by atoms with Crippen LogP contribution in [-0.4, -0.2) is 21.2 Å². The summed E-state index contributed by atoms with van der Waals surface area (Å²) in [4.78, 5) is 30.3. The number of allylic oxidation sites excluding steroid dienone is 1. The van der Waals surface area contributed by atoms with Crippen molar-refractivity contribution in [3.63, 3.8) is 0 Å². The van der Waals surface area contributed by atoms with Gasteiger partial charge in [0.05, 0.1) is 11.1 Å². The van der Waals surface area contributed by atoms with E-state index in [-0.39, 0.29) is 17.2 Å². The number of rotatable bonds is 9. The minimum atomic E-state index is -0.182. The second kappa shape index (κ2) is 10.3. The molecule has 0 aliphatic heterocycles. The molecule has 4 rings (SSSR count). The zero-order chi connectivity index (χ0) is 22.3. The monoisotopic (exact) mass is 463 g/mol. The molecule has 2 aromatic heterocycles. The minimum absolute atomic E-state index is 0.120. The maximum absolute atomic E-state index is 12.7. The Hall–Kier alpha value is -3.36. The number of aromatic nitrogens is 2. The summed E-state index contributed by atoms with van der Waals surface area (Å²) in [5.41, 5.74) is 1.64. The number of anilines is 1. The van der Waals surface area contributed by atoms with E-state index in [9.17, 15) is 9.59 Å². The first-order valence-electron chi connectivity index (χ1n) is 9.92. The van der Waals surface area contributed by atoms with Gasteiger partial charge < -0.3 is 10.1 Å². The van der Waals surface area contributed by atoms with Gasteiger partial charge in [0.2, 0.25) is 5.91 Å². The average molecular weight is 464 g/mol. The second-order valence-corrected chi connectivity index (χ2v) is 8.71. The number of carbonyl (C=O) groups is 1. The highest BCUT2D eigenvalue weighted by Crippen LogP contribution is 2.22. The molecule has 0 fully saturated rings. The van der Waals surface area contributed by atoms with Crippen LogP contribution in [0.15, 0.2) is 88.6 Å². The third-order valence-electron chi connectivity index (χ3n) is 4.58. The highest BCUT2D eigenvalue weighted by atomic mass is 32.2. The summed E-state index contributed by atoms with van der Waals surface area (Å²) in [6.07, 6.45) is 1.65. The number of hydrogen-bond donors (Lipinski definition) is 1. The van der Waals surface area contributed by atoms with Gasteiger partial charge >= 0.3 is 0 Å². The summed E-state index contributed by atoms with van der Waals surface area (Å²) < 4.78 is 7.31. The molecule has 2 aromatic carbocycles. The topological polar surface area (TPSA) is 73.2 Å². The fourth-order valence-corrected chi connectivity index (χ4v) is 4.65. The van der Waals surface area contributed by atoms with Crippen LogP contribution < -0.4 is 15.6 Å². The molecule has 8 heteroatoms. The zero-order valence-electron chi connectivity index (χ0n) is 17.2. The van der Waals surface area contributed by atoms with Gasteiger partial charge in [-0.15, -0.1) is 17.9 Å². The number of amides is 1. The van der Waals surface area contributed by atoms with Gasteiger partial charge in [-0.05, 0) is 41.3 Å². The lowest BCUT2D eigenvalue weighted by atomic mass is 10.2. The molecule has 1 N–H and O–H groups in total. The molecular formula is C24H21N3O3S2. The molecule has 0 saturated heterocycles. The van der Waals surface area contributed by atoms with Crippen LogP contribution in [0.25, 0.3) is 10.2 Å². The molecular weight excluding hydrogens is 442 g/mol. The van der Waals surface area contributed by atoms with E-state index in [0.717, 1.165) is 11.3 Å².